The van der Waals surface area contributed by atoms with Crippen LogP contribution >= 0.6 is 11.6 Å². The second-order valence-electron chi connectivity index (χ2n) is 4.76. The zero-order chi connectivity index (χ0) is 13.3. The first-order valence-electron chi connectivity index (χ1n) is 5.85. The van der Waals surface area contributed by atoms with Crippen LogP contribution in [-0.4, -0.2) is 40.8 Å². The van der Waals surface area contributed by atoms with Crippen LogP contribution in [0.4, 0.5) is 0 Å². The largest absolute Gasteiger partial charge is 0.481 e. The van der Waals surface area contributed by atoms with E-state index in [1.165, 1.54) is 0 Å². The van der Waals surface area contributed by atoms with Crippen molar-refractivity contribution in [3.05, 3.63) is 34.9 Å². The van der Waals surface area contributed by atoms with E-state index in [4.69, 9.17) is 16.7 Å². The van der Waals surface area contributed by atoms with Crippen LogP contribution in [0, 0.1) is 5.92 Å². The molecule has 0 spiro atoms. The smallest absolute Gasteiger partial charge is 0.310 e. The summed E-state index contributed by atoms with van der Waals surface area (Å²) in [5.74, 6) is -1.66. The van der Waals surface area contributed by atoms with Crippen molar-refractivity contribution < 1.29 is 15.0 Å². The van der Waals surface area contributed by atoms with Crippen LogP contribution in [0.1, 0.15) is 18.0 Å². The molecule has 1 saturated heterocycles. The lowest BCUT2D eigenvalue weighted by molar-refractivity contribution is -0.150. The number of rotatable bonds is 2. The van der Waals surface area contributed by atoms with Gasteiger partial charge in [-0.3, -0.25) is 9.69 Å². The Kier molecular flexibility index (Phi) is 3.90. The van der Waals surface area contributed by atoms with Gasteiger partial charge >= 0.3 is 5.97 Å². The van der Waals surface area contributed by atoms with Crippen LogP contribution in [-0.2, 0) is 4.79 Å². The second kappa shape index (κ2) is 5.26. The van der Waals surface area contributed by atoms with Gasteiger partial charge in [-0.25, -0.2) is 0 Å². The number of halogens is 1. The van der Waals surface area contributed by atoms with Gasteiger partial charge in [-0.05, 0) is 31.2 Å². The summed E-state index contributed by atoms with van der Waals surface area (Å²) in [7, 11) is 1.87. The maximum atomic E-state index is 11.0. The Bertz CT molecular complexity index is 452. The molecule has 3 atom stereocenters. The van der Waals surface area contributed by atoms with Crippen LogP contribution in [0.15, 0.2) is 24.3 Å². The molecule has 1 aliphatic rings. The third-order valence-corrected chi connectivity index (χ3v) is 3.73. The quantitative estimate of drug-likeness (QED) is 0.859. The maximum Gasteiger partial charge on any atom is 0.310 e. The zero-order valence-electron chi connectivity index (χ0n) is 10.1. The number of benzene rings is 1. The van der Waals surface area contributed by atoms with Crippen molar-refractivity contribution in [2.45, 2.75) is 18.6 Å². The molecule has 1 heterocycles. The Balaban J connectivity index is 2.19. The predicted octanol–water partition coefficient (Wildman–Crippen LogP) is 1.78. The van der Waals surface area contributed by atoms with Crippen LogP contribution in [0.5, 0.6) is 0 Å². The second-order valence-corrected chi connectivity index (χ2v) is 5.19. The molecule has 98 valence electrons. The first-order chi connectivity index (χ1) is 8.49. The molecule has 0 bridgehead atoms. The van der Waals surface area contributed by atoms with Gasteiger partial charge in [0.05, 0.1) is 12.0 Å². The maximum absolute atomic E-state index is 11.0. The Hall–Kier alpha value is -1.10. The van der Waals surface area contributed by atoms with Gasteiger partial charge in [-0.1, -0.05) is 23.7 Å². The van der Waals surface area contributed by atoms with Gasteiger partial charge in [-0.2, -0.15) is 0 Å². The van der Waals surface area contributed by atoms with Crippen molar-refractivity contribution in [1.29, 1.82) is 0 Å². The van der Waals surface area contributed by atoms with E-state index in [0.717, 1.165) is 5.56 Å². The normalized spacial score (nSPS) is 29.2. The van der Waals surface area contributed by atoms with E-state index in [9.17, 15) is 9.90 Å². The molecule has 3 unspecified atom stereocenters. The van der Waals surface area contributed by atoms with Crippen molar-refractivity contribution in [1.82, 2.24) is 4.90 Å². The fourth-order valence-electron chi connectivity index (χ4n) is 2.48. The minimum atomic E-state index is -0.945. The monoisotopic (exact) mass is 269 g/mol. The molecular formula is C13H16ClNO3. The fourth-order valence-corrected chi connectivity index (χ4v) is 2.68. The van der Waals surface area contributed by atoms with E-state index in [1.807, 2.05) is 30.1 Å². The molecule has 5 heteroatoms. The molecule has 0 amide bonds. The molecule has 1 aromatic carbocycles. The highest BCUT2D eigenvalue weighted by Crippen LogP contribution is 2.33. The van der Waals surface area contributed by atoms with E-state index < -0.39 is 18.0 Å². The lowest BCUT2D eigenvalue weighted by atomic mass is 9.87. The topological polar surface area (TPSA) is 60.8 Å². The van der Waals surface area contributed by atoms with Crippen LogP contribution in [0.3, 0.4) is 0 Å². The van der Waals surface area contributed by atoms with Gasteiger partial charge in [0.1, 0.15) is 0 Å². The molecule has 1 aromatic rings. The molecule has 1 fully saturated rings. The molecule has 4 nitrogen and oxygen atoms in total. The van der Waals surface area contributed by atoms with Gasteiger partial charge in [0.2, 0.25) is 0 Å². The lowest BCUT2D eigenvalue weighted by Gasteiger charge is -2.38. The van der Waals surface area contributed by atoms with Crippen molar-refractivity contribution in [2.24, 2.45) is 5.92 Å². The molecular weight excluding hydrogens is 254 g/mol. The molecule has 2 rings (SSSR count). The van der Waals surface area contributed by atoms with Crippen molar-refractivity contribution in [3.8, 4) is 0 Å². The third-order valence-electron chi connectivity index (χ3n) is 3.50. The Morgan fingerprint density at radius 3 is 2.83 bits per heavy atom. The molecule has 0 aromatic heterocycles. The van der Waals surface area contributed by atoms with Crippen LogP contribution in [0.2, 0.25) is 5.02 Å². The number of hydrogen-bond acceptors (Lipinski definition) is 3. The number of carbonyl (C=O) groups is 1. The van der Waals surface area contributed by atoms with Crippen LogP contribution in [0.25, 0.3) is 0 Å². The summed E-state index contributed by atoms with van der Waals surface area (Å²) >= 11 is 5.95. The number of aliphatic hydroxyl groups excluding tert-OH is 1. The van der Waals surface area contributed by atoms with Gasteiger partial charge in [-0.15, -0.1) is 0 Å². The van der Waals surface area contributed by atoms with Crippen LogP contribution < -0.4 is 0 Å². The zero-order valence-corrected chi connectivity index (χ0v) is 10.8. The molecule has 0 aliphatic carbocycles. The van der Waals surface area contributed by atoms with E-state index >= 15 is 0 Å². The molecule has 0 radical (unpaired) electrons. The van der Waals surface area contributed by atoms with Crippen molar-refractivity contribution in [2.75, 3.05) is 13.6 Å². The number of carboxylic acid groups (broad SMARTS) is 1. The Labute approximate surface area is 111 Å². The Morgan fingerprint density at radius 2 is 2.22 bits per heavy atom. The summed E-state index contributed by atoms with van der Waals surface area (Å²) < 4.78 is 0. The van der Waals surface area contributed by atoms with E-state index in [1.54, 1.807) is 6.07 Å². The summed E-state index contributed by atoms with van der Waals surface area (Å²) in [5, 5.41) is 19.6. The van der Waals surface area contributed by atoms with Gasteiger partial charge in [0.15, 0.2) is 0 Å². The highest BCUT2D eigenvalue weighted by molar-refractivity contribution is 6.30. The molecule has 18 heavy (non-hydrogen) atoms. The first kappa shape index (κ1) is 13.3. The van der Waals surface area contributed by atoms with E-state index in [0.29, 0.717) is 18.0 Å². The lowest BCUT2D eigenvalue weighted by Crippen LogP contribution is -2.46. The fraction of sp³-hybridized carbons (Fsp3) is 0.462. The number of piperidine rings is 1. The average Bonchev–Trinajstić information content (AvgIpc) is 2.31. The number of likely N-dealkylation sites (tertiary alicyclic amines) is 1. The molecule has 1 aliphatic heterocycles. The highest BCUT2D eigenvalue weighted by Gasteiger charge is 2.37. The van der Waals surface area contributed by atoms with Gasteiger partial charge in [0, 0.05) is 17.6 Å². The van der Waals surface area contributed by atoms with E-state index in [-0.39, 0.29) is 6.04 Å². The van der Waals surface area contributed by atoms with Gasteiger partial charge in [0.25, 0.3) is 0 Å². The Morgan fingerprint density at radius 1 is 1.50 bits per heavy atom. The summed E-state index contributed by atoms with van der Waals surface area (Å²) in [6.07, 6.45) is -0.406. The summed E-state index contributed by atoms with van der Waals surface area (Å²) in [4.78, 5) is 13.0. The predicted molar refractivity (Wildman–Crippen MR) is 68.6 cm³/mol. The minimum Gasteiger partial charge on any atom is -0.481 e. The SMILES string of the molecule is CN1CC(C(=O)O)C(O)CC1c1cccc(Cl)c1. The number of nitrogens with zero attached hydrogens (tertiary/aromatic N) is 1. The number of hydrogen-bond donors (Lipinski definition) is 2. The van der Waals surface area contributed by atoms with Crippen molar-refractivity contribution >= 4 is 17.6 Å². The molecule has 0 saturated carbocycles. The summed E-state index contributed by atoms with van der Waals surface area (Å²) in [5.41, 5.74) is 1.01. The number of aliphatic hydroxyl groups is 1. The standard InChI is InChI=1S/C13H16ClNO3/c1-15-7-10(13(17)18)12(16)6-11(15)8-3-2-4-9(14)5-8/h2-5,10-12,16H,6-7H2,1H3,(H,17,18). The third kappa shape index (κ3) is 2.66. The minimum absolute atomic E-state index is 0.00861. The van der Waals surface area contributed by atoms with E-state index in [2.05, 4.69) is 0 Å². The number of carboxylic acids is 1. The first-order valence-corrected chi connectivity index (χ1v) is 6.23. The summed E-state index contributed by atoms with van der Waals surface area (Å²) in [6.45, 7) is 0.341. The van der Waals surface area contributed by atoms with Gasteiger partial charge < -0.3 is 10.2 Å². The summed E-state index contributed by atoms with van der Waals surface area (Å²) in [6, 6.07) is 7.47. The number of aliphatic carboxylic acids is 1. The molecule has 2 N–H and O–H groups in total. The highest BCUT2D eigenvalue weighted by atomic mass is 35.5. The van der Waals surface area contributed by atoms with Crippen molar-refractivity contribution in [3.63, 3.8) is 0 Å². The average molecular weight is 270 g/mol.